The Bertz CT molecular complexity index is 834. The second-order valence-electron chi connectivity index (χ2n) is 7.94. The van der Waals surface area contributed by atoms with Crippen molar-refractivity contribution < 1.29 is 14.4 Å². The predicted octanol–water partition coefficient (Wildman–Crippen LogP) is 1.88. The third kappa shape index (κ3) is 2.74. The molecule has 27 heavy (non-hydrogen) atoms. The van der Waals surface area contributed by atoms with Crippen molar-refractivity contribution in [1.29, 1.82) is 0 Å². The van der Waals surface area contributed by atoms with Gasteiger partial charge in [0, 0.05) is 30.9 Å². The minimum Gasteiger partial charge on any atom is -0.369 e. The number of likely N-dealkylation sites (tertiary alicyclic amines) is 1. The fraction of sp³-hybridized carbons (Fsp3) is 0.476. The molecule has 0 radical (unpaired) electrons. The Morgan fingerprint density at radius 1 is 1.26 bits per heavy atom. The van der Waals surface area contributed by atoms with Crippen molar-refractivity contribution in [2.45, 2.75) is 32.1 Å². The largest absolute Gasteiger partial charge is 0.369 e. The standard InChI is InChI=1S/C21H25N3O3/c1-2-18(25)24-10-4-5-14-11-15(7-8-17(14)24)19(26)23-12-16-6-3-9-21(16,13-23)20(22)27/h2,7-8,11,16H,1,3-6,9-10,12-13H2,(H2,22,27)/t16-,21-/m0/s1. The highest BCUT2D eigenvalue weighted by Gasteiger charge is 2.54. The van der Waals surface area contributed by atoms with E-state index in [1.165, 1.54) is 6.08 Å². The Morgan fingerprint density at radius 2 is 2.07 bits per heavy atom. The zero-order valence-corrected chi connectivity index (χ0v) is 15.4. The molecule has 3 aliphatic rings. The van der Waals surface area contributed by atoms with E-state index in [0.29, 0.717) is 25.2 Å². The quantitative estimate of drug-likeness (QED) is 0.828. The summed E-state index contributed by atoms with van der Waals surface area (Å²) in [5.41, 5.74) is 7.63. The van der Waals surface area contributed by atoms with Crippen LogP contribution in [0.4, 0.5) is 5.69 Å². The van der Waals surface area contributed by atoms with Crippen molar-refractivity contribution in [1.82, 2.24) is 4.90 Å². The van der Waals surface area contributed by atoms with E-state index in [0.717, 1.165) is 43.4 Å². The first-order valence-electron chi connectivity index (χ1n) is 9.62. The molecule has 2 aliphatic heterocycles. The molecule has 4 rings (SSSR count). The van der Waals surface area contributed by atoms with E-state index >= 15 is 0 Å². The van der Waals surface area contributed by atoms with Crippen LogP contribution in [0.3, 0.4) is 0 Å². The summed E-state index contributed by atoms with van der Waals surface area (Å²) < 4.78 is 0. The zero-order chi connectivity index (χ0) is 19.2. The van der Waals surface area contributed by atoms with Gasteiger partial charge in [-0.2, -0.15) is 0 Å². The van der Waals surface area contributed by atoms with Gasteiger partial charge in [0.05, 0.1) is 5.41 Å². The molecule has 1 aliphatic carbocycles. The first-order chi connectivity index (χ1) is 13.0. The van der Waals surface area contributed by atoms with Gasteiger partial charge in [-0.3, -0.25) is 14.4 Å². The van der Waals surface area contributed by atoms with Gasteiger partial charge >= 0.3 is 0 Å². The topological polar surface area (TPSA) is 83.7 Å². The number of aryl methyl sites for hydroxylation is 1. The molecule has 1 saturated carbocycles. The van der Waals surface area contributed by atoms with Crippen molar-refractivity contribution in [2.75, 3.05) is 24.5 Å². The average Bonchev–Trinajstić information content (AvgIpc) is 3.24. The Labute approximate surface area is 159 Å². The van der Waals surface area contributed by atoms with Crippen LogP contribution in [0.2, 0.25) is 0 Å². The van der Waals surface area contributed by atoms with Gasteiger partial charge in [0.1, 0.15) is 0 Å². The highest BCUT2D eigenvalue weighted by atomic mass is 16.2. The summed E-state index contributed by atoms with van der Waals surface area (Å²) >= 11 is 0. The molecule has 2 atom stereocenters. The van der Waals surface area contributed by atoms with Gasteiger partial charge in [-0.05, 0) is 61.4 Å². The zero-order valence-electron chi connectivity index (χ0n) is 15.4. The van der Waals surface area contributed by atoms with Crippen LogP contribution in [0.1, 0.15) is 41.6 Å². The summed E-state index contributed by atoms with van der Waals surface area (Å²) in [6, 6.07) is 5.52. The van der Waals surface area contributed by atoms with Gasteiger partial charge in [0.25, 0.3) is 5.91 Å². The SMILES string of the molecule is C=CC(=O)N1CCCc2cc(C(=O)N3C[C@@H]4CCC[C@]4(C(N)=O)C3)ccc21. The Hall–Kier alpha value is -2.63. The number of fused-ring (bicyclic) bond motifs is 2. The van der Waals surface area contributed by atoms with Crippen LogP contribution >= 0.6 is 0 Å². The van der Waals surface area contributed by atoms with Gasteiger partial charge in [-0.25, -0.2) is 0 Å². The van der Waals surface area contributed by atoms with Crippen molar-refractivity contribution in [3.63, 3.8) is 0 Å². The number of nitrogens with zero attached hydrogens (tertiary/aromatic N) is 2. The fourth-order valence-corrected chi connectivity index (χ4v) is 5.10. The van der Waals surface area contributed by atoms with Crippen molar-refractivity contribution >= 4 is 23.4 Å². The van der Waals surface area contributed by atoms with E-state index < -0.39 is 5.41 Å². The molecule has 3 amide bonds. The average molecular weight is 367 g/mol. The monoisotopic (exact) mass is 367 g/mol. The summed E-state index contributed by atoms with van der Waals surface area (Å²) in [7, 11) is 0. The molecular formula is C21H25N3O3. The normalized spacial score (nSPS) is 26.4. The highest BCUT2D eigenvalue weighted by molar-refractivity contribution is 6.03. The second-order valence-corrected chi connectivity index (χ2v) is 7.94. The molecule has 2 heterocycles. The third-order valence-corrected chi connectivity index (χ3v) is 6.53. The number of nitrogens with two attached hydrogens (primary N) is 1. The highest BCUT2D eigenvalue weighted by Crippen LogP contribution is 2.48. The maximum Gasteiger partial charge on any atom is 0.253 e. The van der Waals surface area contributed by atoms with E-state index in [4.69, 9.17) is 5.73 Å². The number of anilines is 1. The van der Waals surface area contributed by atoms with Gasteiger partial charge in [0.2, 0.25) is 11.8 Å². The van der Waals surface area contributed by atoms with E-state index in [2.05, 4.69) is 6.58 Å². The summed E-state index contributed by atoms with van der Waals surface area (Å²) in [4.78, 5) is 40.7. The first-order valence-corrected chi connectivity index (χ1v) is 9.62. The molecule has 1 saturated heterocycles. The number of amides is 3. The summed E-state index contributed by atoms with van der Waals surface area (Å²) in [5, 5.41) is 0. The molecular weight excluding hydrogens is 342 g/mol. The number of hydrogen-bond acceptors (Lipinski definition) is 3. The second kappa shape index (κ2) is 6.51. The fourth-order valence-electron chi connectivity index (χ4n) is 5.10. The number of hydrogen-bond donors (Lipinski definition) is 1. The van der Waals surface area contributed by atoms with Crippen molar-refractivity contribution in [2.24, 2.45) is 17.1 Å². The molecule has 6 nitrogen and oxygen atoms in total. The molecule has 1 aromatic carbocycles. The van der Waals surface area contributed by atoms with Crippen LogP contribution in [0, 0.1) is 11.3 Å². The number of carbonyl (C=O) groups is 3. The van der Waals surface area contributed by atoms with E-state index in [-0.39, 0.29) is 23.6 Å². The summed E-state index contributed by atoms with van der Waals surface area (Å²) in [5.74, 6) is -0.271. The molecule has 0 spiro atoms. The number of primary amides is 1. The van der Waals surface area contributed by atoms with Crippen LogP contribution in [-0.2, 0) is 16.0 Å². The number of benzene rings is 1. The van der Waals surface area contributed by atoms with E-state index in [1.807, 2.05) is 12.1 Å². The maximum absolute atomic E-state index is 13.1. The molecule has 0 unspecified atom stereocenters. The van der Waals surface area contributed by atoms with Crippen molar-refractivity contribution in [3.8, 4) is 0 Å². The van der Waals surface area contributed by atoms with Gasteiger partial charge < -0.3 is 15.5 Å². The molecule has 2 N–H and O–H groups in total. The maximum atomic E-state index is 13.1. The lowest BCUT2D eigenvalue weighted by molar-refractivity contribution is -0.128. The van der Waals surface area contributed by atoms with Gasteiger partial charge in [-0.1, -0.05) is 13.0 Å². The molecule has 2 fully saturated rings. The Kier molecular flexibility index (Phi) is 4.29. The molecule has 0 aromatic heterocycles. The summed E-state index contributed by atoms with van der Waals surface area (Å²) in [6.07, 6.45) is 5.75. The lowest BCUT2D eigenvalue weighted by Crippen LogP contribution is -2.41. The molecule has 1 aromatic rings. The molecule has 0 bridgehead atoms. The summed E-state index contributed by atoms with van der Waals surface area (Å²) in [6.45, 7) is 5.25. The van der Waals surface area contributed by atoms with Gasteiger partial charge in [0.15, 0.2) is 0 Å². The molecule has 6 heteroatoms. The number of carbonyl (C=O) groups excluding carboxylic acids is 3. The lowest BCUT2D eigenvalue weighted by atomic mass is 9.80. The minimum atomic E-state index is -0.545. The van der Waals surface area contributed by atoms with E-state index in [1.54, 1.807) is 15.9 Å². The molecule has 142 valence electrons. The first kappa shape index (κ1) is 17.8. The predicted molar refractivity (Wildman–Crippen MR) is 102 cm³/mol. The minimum absolute atomic E-state index is 0.0556. The van der Waals surface area contributed by atoms with Crippen LogP contribution in [0.25, 0.3) is 0 Å². The number of rotatable bonds is 3. The third-order valence-electron chi connectivity index (χ3n) is 6.53. The smallest absolute Gasteiger partial charge is 0.253 e. The van der Waals surface area contributed by atoms with Crippen LogP contribution < -0.4 is 10.6 Å². The van der Waals surface area contributed by atoms with Crippen LogP contribution in [0.5, 0.6) is 0 Å². The lowest BCUT2D eigenvalue weighted by Gasteiger charge is -2.29. The van der Waals surface area contributed by atoms with Crippen LogP contribution in [-0.4, -0.2) is 42.3 Å². The van der Waals surface area contributed by atoms with E-state index in [9.17, 15) is 14.4 Å². The van der Waals surface area contributed by atoms with Crippen molar-refractivity contribution in [3.05, 3.63) is 42.0 Å². The Balaban J connectivity index is 1.58. The Morgan fingerprint density at radius 3 is 2.78 bits per heavy atom. The van der Waals surface area contributed by atoms with Gasteiger partial charge in [-0.15, -0.1) is 0 Å². The van der Waals surface area contributed by atoms with Crippen LogP contribution in [0.15, 0.2) is 30.9 Å².